The minimum Gasteiger partial charge on any atom is -0.324 e. The predicted molar refractivity (Wildman–Crippen MR) is 91.2 cm³/mol. The monoisotopic (exact) mass is 318 g/mol. The van der Waals surface area contributed by atoms with Gasteiger partial charge in [-0.25, -0.2) is 4.98 Å². The number of benzene rings is 2. The smallest absolute Gasteiger partial charge is 0.255 e. The summed E-state index contributed by atoms with van der Waals surface area (Å²) < 4.78 is 0. The molecule has 3 aromatic rings. The summed E-state index contributed by atoms with van der Waals surface area (Å²) in [6.45, 7) is 2.68. The number of carbonyl (C=O) groups excluding carboxylic acids is 1. The van der Waals surface area contributed by atoms with Gasteiger partial charge in [-0.15, -0.1) is 0 Å². The van der Waals surface area contributed by atoms with Crippen molar-refractivity contribution in [3.8, 4) is 11.4 Å². The van der Waals surface area contributed by atoms with Crippen molar-refractivity contribution in [2.45, 2.75) is 25.9 Å². The van der Waals surface area contributed by atoms with Gasteiger partial charge in [0.05, 0.1) is 6.04 Å². The van der Waals surface area contributed by atoms with Crippen LogP contribution in [0.15, 0.2) is 54.6 Å². The minimum absolute atomic E-state index is 0.0649. The molecule has 0 bridgehead atoms. The molecular formula is C19H18N4O. The average Bonchev–Trinajstić information content (AvgIpc) is 3.23. The number of amides is 1. The molecule has 0 unspecified atom stereocenters. The first-order valence-corrected chi connectivity index (χ1v) is 8.14. The van der Waals surface area contributed by atoms with Gasteiger partial charge in [0, 0.05) is 17.7 Å². The van der Waals surface area contributed by atoms with Crippen LogP contribution in [0.2, 0.25) is 0 Å². The van der Waals surface area contributed by atoms with Gasteiger partial charge < -0.3 is 4.90 Å². The molecule has 24 heavy (non-hydrogen) atoms. The van der Waals surface area contributed by atoms with Gasteiger partial charge in [0.25, 0.3) is 5.91 Å². The van der Waals surface area contributed by atoms with Crippen LogP contribution in [-0.4, -0.2) is 26.0 Å². The van der Waals surface area contributed by atoms with Crippen LogP contribution in [0.4, 0.5) is 0 Å². The summed E-state index contributed by atoms with van der Waals surface area (Å²) in [5.41, 5.74) is 2.83. The number of hydrogen-bond donors (Lipinski definition) is 1. The Hall–Kier alpha value is -2.95. The van der Waals surface area contributed by atoms with Crippen LogP contribution >= 0.6 is 0 Å². The first-order chi connectivity index (χ1) is 11.8. The number of aromatic nitrogens is 3. The molecule has 4 rings (SSSR count). The molecule has 2 heterocycles. The van der Waals surface area contributed by atoms with Gasteiger partial charge in [-0.3, -0.25) is 9.89 Å². The van der Waals surface area contributed by atoms with E-state index in [9.17, 15) is 4.79 Å². The van der Waals surface area contributed by atoms with Gasteiger partial charge in [-0.05, 0) is 18.1 Å². The van der Waals surface area contributed by atoms with Crippen molar-refractivity contribution < 1.29 is 4.79 Å². The lowest BCUT2D eigenvalue weighted by atomic mass is 10.1. The molecular weight excluding hydrogens is 300 g/mol. The molecule has 0 radical (unpaired) electrons. The van der Waals surface area contributed by atoms with E-state index in [1.165, 1.54) is 0 Å². The Bertz CT molecular complexity index is 872. The fourth-order valence-corrected chi connectivity index (χ4v) is 3.23. The first-order valence-electron chi connectivity index (χ1n) is 8.14. The molecule has 1 amide bonds. The van der Waals surface area contributed by atoms with Crippen molar-refractivity contribution in [2.75, 3.05) is 0 Å². The van der Waals surface area contributed by atoms with Gasteiger partial charge in [0.2, 0.25) is 0 Å². The van der Waals surface area contributed by atoms with Crippen molar-refractivity contribution in [3.05, 3.63) is 71.5 Å². The highest BCUT2D eigenvalue weighted by molar-refractivity contribution is 5.98. The molecule has 1 aliphatic rings. The van der Waals surface area contributed by atoms with E-state index in [4.69, 9.17) is 0 Å². The third-order valence-corrected chi connectivity index (χ3v) is 4.46. The maximum absolute atomic E-state index is 12.7. The molecule has 1 N–H and O–H groups in total. The van der Waals surface area contributed by atoms with Crippen LogP contribution in [0.1, 0.15) is 41.1 Å². The molecule has 120 valence electrons. The molecule has 1 aromatic heterocycles. The predicted octanol–water partition coefficient (Wildman–Crippen LogP) is 3.58. The van der Waals surface area contributed by atoms with Crippen LogP contribution in [0.5, 0.6) is 0 Å². The van der Waals surface area contributed by atoms with E-state index >= 15 is 0 Å². The zero-order valence-corrected chi connectivity index (χ0v) is 13.4. The van der Waals surface area contributed by atoms with Gasteiger partial charge in [-0.1, -0.05) is 55.5 Å². The van der Waals surface area contributed by atoms with Gasteiger partial charge in [0.1, 0.15) is 5.82 Å². The summed E-state index contributed by atoms with van der Waals surface area (Å²) >= 11 is 0. The van der Waals surface area contributed by atoms with Crippen molar-refractivity contribution >= 4 is 5.91 Å². The van der Waals surface area contributed by atoms with Crippen LogP contribution < -0.4 is 0 Å². The van der Waals surface area contributed by atoms with Crippen LogP contribution in [0.25, 0.3) is 11.4 Å². The highest BCUT2D eigenvalue weighted by Crippen LogP contribution is 2.32. The van der Waals surface area contributed by atoms with Crippen molar-refractivity contribution in [1.29, 1.82) is 0 Å². The number of carbonyl (C=O) groups is 1. The van der Waals surface area contributed by atoms with E-state index in [1.54, 1.807) is 0 Å². The summed E-state index contributed by atoms with van der Waals surface area (Å²) in [5.74, 6) is 1.46. The molecule has 1 atom stereocenters. The van der Waals surface area contributed by atoms with Crippen molar-refractivity contribution in [2.24, 2.45) is 0 Å². The summed E-state index contributed by atoms with van der Waals surface area (Å²) in [6.07, 6.45) is 0.781. The number of nitrogens with one attached hydrogen (secondary N) is 1. The molecule has 0 aliphatic carbocycles. The molecule has 2 aromatic carbocycles. The number of H-pyrrole nitrogens is 1. The topological polar surface area (TPSA) is 61.9 Å². The van der Waals surface area contributed by atoms with Crippen LogP contribution in [0.3, 0.4) is 0 Å². The maximum Gasteiger partial charge on any atom is 0.255 e. The lowest BCUT2D eigenvalue weighted by Gasteiger charge is -2.24. The molecule has 0 saturated carbocycles. The van der Waals surface area contributed by atoms with E-state index in [-0.39, 0.29) is 11.9 Å². The Morgan fingerprint density at radius 1 is 1.12 bits per heavy atom. The Labute approximate surface area is 140 Å². The fraction of sp³-hybridized carbons (Fsp3) is 0.211. The fourth-order valence-electron chi connectivity index (χ4n) is 3.23. The second-order valence-electron chi connectivity index (χ2n) is 5.92. The van der Waals surface area contributed by atoms with E-state index in [0.29, 0.717) is 12.4 Å². The Morgan fingerprint density at radius 3 is 2.62 bits per heavy atom. The molecule has 5 nitrogen and oxygen atoms in total. The Morgan fingerprint density at radius 2 is 1.88 bits per heavy atom. The van der Waals surface area contributed by atoms with E-state index in [2.05, 4.69) is 22.1 Å². The minimum atomic E-state index is -0.102. The normalized spacial score (nSPS) is 14.7. The maximum atomic E-state index is 12.7. The largest absolute Gasteiger partial charge is 0.324 e. The van der Waals surface area contributed by atoms with Gasteiger partial charge in [0.15, 0.2) is 5.82 Å². The van der Waals surface area contributed by atoms with Crippen LogP contribution in [-0.2, 0) is 6.54 Å². The lowest BCUT2D eigenvalue weighted by Crippen LogP contribution is -2.29. The first kappa shape index (κ1) is 14.6. The Balaban J connectivity index is 1.64. The number of aromatic amines is 1. The van der Waals surface area contributed by atoms with Gasteiger partial charge >= 0.3 is 0 Å². The lowest BCUT2D eigenvalue weighted by molar-refractivity contribution is 0.0688. The third kappa shape index (κ3) is 2.38. The number of rotatable bonds is 4. The average molecular weight is 318 g/mol. The quantitative estimate of drug-likeness (QED) is 0.800. The SMILES string of the molecule is CC[C@H](c1nc(-c2ccccc2)n[nH]1)N1Cc2ccccc2C1=O. The van der Waals surface area contributed by atoms with Crippen LogP contribution in [0, 0.1) is 0 Å². The number of hydrogen-bond acceptors (Lipinski definition) is 3. The standard InChI is InChI=1S/C19H18N4O/c1-2-16(23-12-14-10-6-7-11-15(14)19(23)24)18-20-17(21-22-18)13-8-4-3-5-9-13/h3-11,16H,2,12H2,1H3,(H,20,21,22)/t16-/m1/s1. The van der Waals surface area contributed by atoms with E-state index in [1.807, 2.05) is 59.5 Å². The molecule has 1 aliphatic heterocycles. The van der Waals surface area contributed by atoms with Crippen molar-refractivity contribution in [3.63, 3.8) is 0 Å². The molecule has 0 spiro atoms. The summed E-state index contributed by atoms with van der Waals surface area (Å²) in [6, 6.07) is 17.5. The Kier molecular flexibility index (Phi) is 3.61. The molecule has 5 heteroatoms. The van der Waals surface area contributed by atoms with Crippen molar-refractivity contribution in [1.82, 2.24) is 20.1 Å². The summed E-state index contributed by atoms with van der Waals surface area (Å²) in [7, 11) is 0. The highest BCUT2D eigenvalue weighted by Gasteiger charge is 2.33. The second-order valence-corrected chi connectivity index (χ2v) is 5.92. The molecule has 0 saturated heterocycles. The highest BCUT2D eigenvalue weighted by atomic mass is 16.2. The van der Waals surface area contributed by atoms with Gasteiger partial charge in [-0.2, -0.15) is 5.10 Å². The van der Waals surface area contributed by atoms with E-state index < -0.39 is 0 Å². The molecule has 0 fully saturated rings. The second kappa shape index (κ2) is 5.92. The summed E-state index contributed by atoms with van der Waals surface area (Å²) in [5, 5.41) is 7.35. The summed E-state index contributed by atoms with van der Waals surface area (Å²) in [4.78, 5) is 19.2. The zero-order chi connectivity index (χ0) is 16.5. The number of nitrogens with zero attached hydrogens (tertiary/aromatic N) is 3. The van der Waals surface area contributed by atoms with E-state index in [0.717, 1.165) is 28.9 Å². The zero-order valence-electron chi connectivity index (χ0n) is 13.4. The number of fused-ring (bicyclic) bond motifs is 1. The third-order valence-electron chi connectivity index (χ3n) is 4.46.